The van der Waals surface area contributed by atoms with Gasteiger partial charge in [-0.3, -0.25) is 14.7 Å². The second kappa shape index (κ2) is 13.9. The van der Waals surface area contributed by atoms with E-state index >= 15 is 0 Å². The Balaban J connectivity index is 0.00000423. The zero-order valence-electron chi connectivity index (χ0n) is 23.9. The van der Waals surface area contributed by atoms with Gasteiger partial charge in [-0.1, -0.05) is 17.4 Å². The van der Waals surface area contributed by atoms with Crippen molar-refractivity contribution in [3.63, 3.8) is 0 Å². The maximum absolute atomic E-state index is 14.1. The van der Waals surface area contributed by atoms with Gasteiger partial charge in [-0.05, 0) is 51.0 Å². The first kappa shape index (κ1) is 33.1. The number of pyridine rings is 1. The number of rotatable bonds is 9. The van der Waals surface area contributed by atoms with Crippen molar-refractivity contribution >= 4 is 50.5 Å². The Hall–Kier alpha value is -2.75. The molecule has 43 heavy (non-hydrogen) atoms. The van der Waals surface area contributed by atoms with Crippen molar-refractivity contribution < 1.29 is 22.0 Å². The van der Waals surface area contributed by atoms with E-state index in [1.54, 1.807) is 12.1 Å². The summed E-state index contributed by atoms with van der Waals surface area (Å²) in [6, 6.07) is 7.36. The van der Waals surface area contributed by atoms with E-state index in [4.69, 9.17) is 5.73 Å². The van der Waals surface area contributed by atoms with Gasteiger partial charge in [-0.2, -0.15) is 4.31 Å². The highest BCUT2D eigenvalue weighted by molar-refractivity contribution is 7.89. The van der Waals surface area contributed by atoms with Crippen LogP contribution in [-0.4, -0.2) is 84.2 Å². The molecule has 0 spiro atoms. The zero-order chi connectivity index (χ0) is 30.0. The van der Waals surface area contributed by atoms with Crippen LogP contribution >= 0.6 is 23.7 Å². The lowest BCUT2D eigenvalue weighted by Gasteiger charge is -2.36. The fourth-order valence-corrected chi connectivity index (χ4v) is 7.88. The van der Waals surface area contributed by atoms with Crippen LogP contribution in [0.25, 0.3) is 0 Å². The zero-order valence-corrected chi connectivity index (χ0v) is 26.4. The summed E-state index contributed by atoms with van der Waals surface area (Å²) in [6.07, 6.45) is 3.18. The molecule has 234 valence electrons. The highest BCUT2D eigenvalue weighted by Crippen LogP contribution is 2.31. The van der Waals surface area contributed by atoms with Crippen LogP contribution in [0.3, 0.4) is 0 Å². The molecule has 3 aromatic rings. The second-order valence-corrected chi connectivity index (χ2v) is 13.9. The highest BCUT2D eigenvalue weighted by Gasteiger charge is 2.31. The van der Waals surface area contributed by atoms with Gasteiger partial charge in [-0.25, -0.2) is 22.2 Å². The third-order valence-electron chi connectivity index (χ3n) is 7.58. The standard InChI is InChI=1S/C28H35F2N7O3S2.ClH/c1-17-15-36(16-18(2)33-17)11-8-19-6-7-21(14-32-19)42(39,40)37-12-9-20(10-13-37)34-28-35-27(31)26(41-28)25(38)24-22(29)4-3-5-23(24)30;/h3-7,14,17-18,20,33H,8-13,15-16,31H2,1-2H3,(H,34,35);1H. The van der Waals surface area contributed by atoms with Crippen LogP contribution in [0.15, 0.2) is 41.4 Å². The average Bonchev–Trinajstić information content (AvgIpc) is 3.31. The molecule has 0 amide bonds. The van der Waals surface area contributed by atoms with Gasteiger partial charge in [0.15, 0.2) is 5.13 Å². The van der Waals surface area contributed by atoms with Gasteiger partial charge in [-0.15, -0.1) is 12.4 Å². The summed E-state index contributed by atoms with van der Waals surface area (Å²) in [5, 5.41) is 7.04. The Kier molecular flexibility index (Phi) is 10.7. The number of ketones is 1. The van der Waals surface area contributed by atoms with Crippen LogP contribution in [-0.2, 0) is 16.4 Å². The summed E-state index contributed by atoms with van der Waals surface area (Å²) < 4.78 is 56.2. The number of carbonyl (C=O) groups is 1. The van der Waals surface area contributed by atoms with Crippen LogP contribution in [0.4, 0.5) is 19.7 Å². The van der Waals surface area contributed by atoms with Gasteiger partial charge in [0, 0.05) is 69.2 Å². The fourth-order valence-electron chi connectivity index (χ4n) is 5.56. The number of nitrogens with zero attached hydrogens (tertiary/aromatic N) is 4. The largest absolute Gasteiger partial charge is 0.382 e. The number of piperidine rings is 1. The number of sulfonamides is 1. The van der Waals surface area contributed by atoms with Crippen LogP contribution < -0.4 is 16.4 Å². The number of thiazole rings is 1. The van der Waals surface area contributed by atoms with Gasteiger partial charge in [0.2, 0.25) is 15.8 Å². The molecule has 10 nitrogen and oxygen atoms in total. The quantitative estimate of drug-likeness (QED) is 0.296. The van der Waals surface area contributed by atoms with Crippen LogP contribution in [0.1, 0.15) is 47.6 Å². The van der Waals surface area contributed by atoms with Crippen molar-refractivity contribution in [1.29, 1.82) is 0 Å². The monoisotopic (exact) mass is 655 g/mol. The Morgan fingerprint density at radius 2 is 1.77 bits per heavy atom. The molecule has 2 aliphatic heterocycles. The Labute approximate surface area is 260 Å². The molecule has 0 bridgehead atoms. The predicted molar refractivity (Wildman–Crippen MR) is 165 cm³/mol. The first-order chi connectivity index (χ1) is 20.0. The van der Waals surface area contributed by atoms with E-state index in [0.29, 0.717) is 30.1 Å². The Bertz CT molecular complexity index is 1500. The van der Waals surface area contributed by atoms with E-state index < -0.39 is 33.0 Å². The Morgan fingerprint density at radius 1 is 1.12 bits per heavy atom. The number of nitrogen functional groups attached to an aromatic ring is 1. The average molecular weight is 656 g/mol. The van der Waals surface area contributed by atoms with Crippen molar-refractivity contribution in [3.05, 3.63) is 64.3 Å². The fraction of sp³-hybridized carbons (Fsp3) is 0.464. The van der Waals surface area contributed by atoms with E-state index in [0.717, 1.165) is 55.2 Å². The molecule has 0 saturated carbocycles. The molecule has 4 N–H and O–H groups in total. The van der Waals surface area contributed by atoms with Crippen molar-refractivity contribution in [3.8, 4) is 0 Å². The molecule has 5 rings (SSSR count). The number of hydrogen-bond donors (Lipinski definition) is 3. The molecular weight excluding hydrogens is 620 g/mol. The summed E-state index contributed by atoms with van der Waals surface area (Å²) in [7, 11) is -3.70. The van der Waals surface area contributed by atoms with E-state index in [-0.39, 0.29) is 47.1 Å². The van der Waals surface area contributed by atoms with E-state index in [9.17, 15) is 22.0 Å². The van der Waals surface area contributed by atoms with Crippen LogP contribution in [0.2, 0.25) is 0 Å². The van der Waals surface area contributed by atoms with Crippen molar-refractivity contribution in [2.75, 3.05) is 43.8 Å². The predicted octanol–water partition coefficient (Wildman–Crippen LogP) is 3.54. The lowest BCUT2D eigenvalue weighted by Crippen LogP contribution is -2.54. The van der Waals surface area contributed by atoms with Gasteiger partial charge in [0.25, 0.3) is 0 Å². The minimum atomic E-state index is -3.70. The topological polar surface area (TPSA) is 134 Å². The SMILES string of the molecule is CC1CN(CCc2ccc(S(=O)(=O)N3CCC(Nc4nc(N)c(C(=O)c5c(F)cccc5F)s4)CC3)cn2)CC(C)N1.Cl. The number of aromatic nitrogens is 2. The number of nitrogens with two attached hydrogens (primary N) is 1. The first-order valence-corrected chi connectivity index (χ1v) is 16.2. The number of nitrogens with one attached hydrogen (secondary N) is 2. The lowest BCUT2D eigenvalue weighted by molar-refractivity contribution is 0.103. The van der Waals surface area contributed by atoms with Gasteiger partial charge in [0.1, 0.15) is 27.2 Å². The Morgan fingerprint density at radius 3 is 2.37 bits per heavy atom. The number of benzene rings is 1. The minimum Gasteiger partial charge on any atom is -0.382 e. The van der Waals surface area contributed by atoms with Crippen LogP contribution in [0.5, 0.6) is 0 Å². The van der Waals surface area contributed by atoms with E-state index in [1.807, 2.05) is 0 Å². The maximum atomic E-state index is 14.1. The van der Waals surface area contributed by atoms with Crippen molar-refractivity contribution in [1.82, 2.24) is 24.5 Å². The van der Waals surface area contributed by atoms with Crippen molar-refractivity contribution in [2.45, 2.75) is 56.1 Å². The molecule has 2 atom stereocenters. The highest BCUT2D eigenvalue weighted by atomic mass is 35.5. The molecule has 2 unspecified atom stereocenters. The molecule has 4 heterocycles. The summed E-state index contributed by atoms with van der Waals surface area (Å²) in [6.45, 7) is 7.74. The lowest BCUT2D eigenvalue weighted by atomic mass is 10.1. The summed E-state index contributed by atoms with van der Waals surface area (Å²) in [5.41, 5.74) is 6.08. The number of piperazine rings is 1. The molecule has 1 aromatic carbocycles. The molecular formula is C28H36ClF2N7O3S2. The number of halogens is 3. The first-order valence-electron chi connectivity index (χ1n) is 14.0. The van der Waals surface area contributed by atoms with Crippen LogP contribution in [0, 0.1) is 11.6 Å². The number of hydrogen-bond acceptors (Lipinski definition) is 10. The van der Waals surface area contributed by atoms with Gasteiger partial charge < -0.3 is 16.4 Å². The molecule has 2 aromatic heterocycles. The molecule has 15 heteroatoms. The third-order valence-corrected chi connectivity index (χ3v) is 10.5. The normalized spacial score (nSPS) is 20.5. The summed E-state index contributed by atoms with van der Waals surface area (Å²) in [5.74, 6) is -2.94. The summed E-state index contributed by atoms with van der Waals surface area (Å²) >= 11 is 0.915. The molecule has 0 aliphatic carbocycles. The molecule has 2 fully saturated rings. The van der Waals surface area contributed by atoms with Crippen molar-refractivity contribution in [2.24, 2.45) is 0 Å². The smallest absolute Gasteiger partial charge is 0.244 e. The maximum Gasteiger partial charge on any atom is 0.244 e. The molecule has 2 aliphatic rings. The van der Waals surface area contributed by atoms with Gasteiger partial charge in [0.05, 0.1) is 5.56 Å². The summed E-state index contributed by atoms with van der Waals surface area (Å²) in [4.78, 5) is 23.9. The van der Waals surface area contributed by atoms with E-state index in [1.165, 1.54) is 16.6 Å². The minimum absolute atomic E-state index is 0. The second-order valence-electron chi connectivity index (χ2n) is 10.9. The number of anilines is 2. The molecule has 2 saturated heterocycles. The third kappa shape index (κ3) is 7.67. The molecule has 0 radical (unpaired) electrons. The van der Waals surface area contributed by atoms with Gasteiger partial charge >= 0.3 is 0 Å². The number of carbonyl (C=O) groups excluding carboxylic acids is 1. The van der Waals surface area contributed by atoms with E-state index in [2.05, 4.69) is 39.3 Å².